The van der Waals surface area contributed by atoms with Crippen molar-refractivity contribution in [3.05, 3.63) is 0 Å². The van der Waals surface area contributed by atoms with Gasteiger partial charge in [-0.15, -0.1) is 0 Å². The number of hydrogen-bond acceptors (Lipinski definition) is 2. The summed E-state index contributed by atoms with van der Waals surface area (Å²) in [6, 6.07) is 2.77. The molecule has 3 atom stereocenters. The average Bonchev–Trinajstić information content (AvgIpc) is 2.31. The van der Waals surface area contributed by atoms with E-state index < -0.39 is 5.54 Å². The largest absolute Gasteiger partial charge is 0.333 e. The Morgan fingerprint density at radius 3 is 2.72 bits per heavy atom. The second-order valence-corrected chi connectivity index (χ2v) is 6.00. The van der Waals surface area contributed by atoms with Gasteiger partial charge in [0.25, 0.3) is 5.91 Å². The smallest absolute Gasteiger partial charge is 0.276 e. The first-order chi connectivity index (χ1) is 8.39. The molecule has 18 heavy (non-hydrogen) atoms. The molecule has 1 amide bonds. The van der Waals surface area contributed by atoms with E-state index >= 15 is 0 Å². The third kappa shape index (κ3) is 3.71. The van der Waals surface area contributed by atoms with E-state index in [9.17, 15) is 10.1 Å². The predicted molar refractivity (Wildman–Crippen MR) is 71.0 cm³/mol. The summed E-state index contributed by atoms with van der Waals surface area (Å²) < 4.78 is 0. The molecule has 1 fully saturated rings. The first kappa shape index (κ1) is 15.0. The summed E-state index contributed by atoms with van der Waals surface area (Å²) in [7, 11) is 0. The van der Waals surface area contributed by atoms with Gasteiger partial charge in [0.1, 0.15) is 5.54 Å². The number of piperidine rings is 1. The number of rotatable bonds is 4. The van der Waals surface area contributed by atoms with Gasteiger partial charge in [-0.1, -0.05) is 13.8 Å². The molecule has 1 rings (SSSR count). The summed E-state index contributed by atoms with van der Waals surface area (Å²) >= 11 is 0. The fourth-order valence-electron chi connectivity index (χ4n) is 2.36. The first-order valence-corrected chi connectivity index (χ1v) is 6.96. The molecule has 0 radical (unpaired) electrons. The second kappa shape index (κ2) is 6.19. The van der Waals surface area contributed by atoms with E-state index in [0.717, 1.165) is 6.54 Å². The number of nitrogens with one attached hydrogen (secondary N) is 2. The van der Waals surface area contributed by atoms with Gasteiger partial charge in [-0.05, 0) is 39.0 Å². The molecule has 0 spiro atoms. The molecular formula is C14H26N3O+. The van der Waals surface area contributed by atoms with E-state index in [0.29, 0.717) is 12.6 Å². The van der Waals surface area contributed by atoms with Crippen LogP contribution in [0.5, 0.6) is 0 Å². The highest BCUT2D eigenvalue weighted by Crippen LogP contribution is 2.14. The lowest BCUT2D eigenvalue weighted by Gasteiger charge is -2.32. The van der Waals surface area contributed by atoms with Crippen molar-refractivity contribution in [2.24, 2.45) is 5.92 Å². The number of hydrogen-bond donors (Lipinski definition) is 2. The highest BCUT2D eigenvalue weighted by Gasteiger charge is 2.32. The molecule has 4 nitrogen and oxygen atoms in total. The number of likely N-dealkylation sites (tertiary alicyclic amines) is 1. The zero-order chi connectivity index (χ0) is 13.8. The Bertz CT molecular complexity index is 334. The van der Waals surface area contributed by atoms with Crippen molar-refractivity contribution in [1.82, 2.24) is 5.32 Å². The molecule has 1 aliphatic heterocycles. The van der Waals surface area contributed by atoms with Crippen molar-refractivity contribution < 1.29 is 9.69 Å². The molecule has 102 valence electrons. The molecule has 1 aliphatic rings. The van der Waals surface area contributed by atoms with Crippen LogP contribution in [-0.2, 0) is 4.79 Å². The molecule has 0 aromatic carbocycles. The first-order valence-electron chi connectivity index (χ1n) is 6.96. The fourth-order valence-corrected chi connectivity index (χ4v) is 2.36. The van der Waals surface area contributed by atoms with Crippen molar-refractivity contribution in [2.75, 3.05) is 13.1 Å². The molecule has 0 aliphatic carbocycles. The molecule has 0 bridgehead atoms. The molecule has 2 N–H and O–H groups in total. The summed E-state index contributed by atoms with van der Waals surface area (Å²) in [5.74, 6) is 0.108. The van der Waals surface area contributed by atoms with Gasteiger partial charge in [-0.2, -0.15) is 5.26 Å². The number of quaternary nitrogens is 1. The maximum absolute atomic E-state index is 12.1. The van der Waals surface area contributed by atoms with Crippen LogP contribution in [0.3, 0.4) is 0 Å². The van der Waals surface area contributed by atoms with Crippen LogP contribution in [0, 0.1) is 17.2 Å². The van der Waals surface area contributed by atoms with Crippen LogP contribution >= 0.6 is 0 Å². The fraction of sp³-hybridized carbons (Fsp3) is 0.857. The summed E-state index contributed by atoms with van der Waals surface area (Å²) in [5.41, 5.74) is -0.754. The SMILES string of the molecule is CC(C)[C@](C)(C#N)NC(=O)C[NH+]1CCCC[C@H]1C. The van der Waals surface area contributed by atoms with E-state index in [-0.39, 0.29) is 11.8 Å². The predicted octanol–water partition coefficient (Wildman–Crippen LogP) is 0.498. The van der Waals surface area contributed by atoms with Crippen molar-refractivity contribution >= 4 is 5.91 Å². The number of carbonyl (C=O) groups is 1. The Morgan fingerprint density at radius 1 is 1.56 bits per heavy atom. The zero-order valence-corrected chi connectivity index (χ0v) is 12.0. The zero-order valence-electron chi connectivity index (χ0n) is 12.0. The molecule has 1 saturated heterocycles. The monoisotopic (exact) mass is 252 g/mol. The maximum atomic E-state index is 12.1. The Labute approximate surface area is 110 Å². The molecule has 1 unspecified atom stereocenters. The van der Waals surface area contributed by atoms with Crippen molar-refractivity contribution in [2.45, 2.75) is 58.5 Å². The Kier molecular flexibility index (Phi) is 5.15. The highest BCUT2D eigenvalue weighted by molar-refractivity contribution is 5.78. The molecule has 1 heterocycles. The topological polar surface area (TPSA) is 57.3 Å². The quantitative estimate of drug-likeness (QED) is 0.765. The number of nitrogens with zero attached hydrogens (tertiary/aromatic N) is 1. The van der Waals surface area contributed by atoms with E-state index in [1.54, 1.807) is 6.92 Å². The minimum Gasteiger partial charge on any atom is -0.333 e. The van der Waals surface area contributed by atoms with Gasteiger partial charge in [0.05, 0.1) is 18.7 Å². The van der Waals surface area contributed by atoms with Crippen molar-refractivity contribution in [3.8, 4) is 6.07 Å². The van der Waals surface area contributed by atoms with Gasteiger partial charge >= 0.3 is 0 Å². The van der Waals surface area contributed by atoms with Crippen LogP contribution in [0.1, 0.15) is 47.0 Å². The third-order valence-corrected chi connectivity index (χ3v) is 4.26. The lowest BCUT2D eigenvalue weighted by molar-refractivity contribution is -0.921. The molecule has 0 aromatic rings. The van der Waals surface area contributed by atoms with Crippen LogP contribution in [0.2, 0.25) is 0 Å². The normalized spacial score (nSPS) is 27.3. The second-order valence-electron chi connectivity index (χ2n) is 6.00. The van der Waals surface area contributed by atoms with Gasteiger partial charge in [0.15, 0.2) is 6.54 Å². The summed E-state index contributed by atoms with van der Waals surface area (Å²) in [6.07, 6.45) is 3.67. The maximum Gasteiger partial charge on any atom is 0.276 e. The Hall–Kier alpha value is -1.08. The Morgan fingerprint density at radius 2 is 2.22 bits per heavy atom. The molecule has 0 saturated carbocycles. The van der Waals surface area contributed by atoms with Crippen molar-refractivity contribution in [3.63, 3.8) is 0 Å². The molecule has 0 aromatic heterocycles. The van der Waals surface area contributed by atoms with Gasteiger partial charge in [0, 0.05) is 0 Å². The van der Waals surface area contributed by atoms with Crippen LogP contribution in [0.4, 0.5) is 0 Å². The minimum atomic E-state index is -0.754. The van der Waals surface area contributed by atoms with Crippen LogP contribution in [0.25, 0.3) is 0 Å². The van der Waals surface area contributed by atoms with E-state index in [4.69, 9.17) is 0 Å². The lowest BCUT2D eigenvalue weighted by atomic mass is 9.90. The van der Waals surface area contributed by atoms with E-state index in [1.165, 1.54) is 24.2 Å². The van der Waals surface area contributed by atoms with Gasteiger partial charge in [-0.25, -0.2) is 0 Å². The minimum absolute atomic E-state index is 0.00324. The number of nitriles is 1. The third-order valence-electron chi connectivity index (χ3n) is 4.26. The number of amides is 1. The van der Waals surface area contributed by atoms with Crippen LogP contribution in [-0.4, -0.2) is 30.6 Å². The lowest BCUT2D eigenvalue weighted by Crippen LogP contribution is -3.17. The van der Waals surface area contributed by atoms with E-state index in [1.807, 2.05) is 13.8 Å². The molecular weight excluding hydrogens is 226 g/mol. The van der Waals surface area contributed by atoms with Gasteiger partial charge < -0.3 is 10.2 Å². The van der Waals surface area contributed by atoms with Gasteiger partial charge in [-0.3, -0.25) is 4.79 Å². The van der Waals surface area contributed by atoms with Crippen molar-refractivity contribution in [1.29, 1.82) is 5.26 Å². The number of carbonyl (C=O) groups excluding carboxylic acids is 1. The molecule has 4 heteroatoms. The summed E-state index contributed by atoms with van der Waals surface area (Å²) in [6.45, 7) is 9.47. The highest BCUT2D eigenvalue weighted by atomic mass is 16.2. The summed E-state index contributed by atoms with van der Waals surface area (Å²) in [4.78, 5) is 13.4. The standard InChI is InChI=1S/C14H25N3O/c1-11(2)14(4,10-15)16-13(18)9-17-8-6-5-7-12(17)3/h11-12H,5-9H2,1-4H3,(H,16,18)/p+1/t12-,14+/m1/s1. The average molecular weight is 252 g/mol. The van der Waals surface area contributed by atoms with Gasteiger partial charge in [0.2, 0.25) is 0 Å². The van der Waals surface area contributed by atoms with Crippen LogP contribution in [0.15, 0.2) is 0 Å². The van der Waals surface area contributed by atoms with Crippen LogP contribution < -0.4 is 10.2 Å². The summed E-state index contributed by atoms with van der Waals surface area (Å²) in [5, 5.41) is 12.1. The Balaban J connectivity index is 2.53. The van der Waals surface area contributed by atoms with E-state index in [2.05, 4.69) is 18.3 Å².